The largest absolute Gasteiger partial charge is 0.373 e. The standard InChI is InChI=1S/C12H13Cl2N3S/c1-15-10-6-7-17(12(16-10)18-2)11-8(13)4-3-5-9(11)14/h3-7,12H,1-2H3,(H,15,16). The van der Waals surface area contributed by atoms with Gasteiger partial charge in [-0.15, -0.1) is 11.8 Å². The van der Waals surface area contributed by atoms with Crippen molar-refractivity contribution in [1.82, 2.24) is 5.32 Å². The molecular formula is C12H13Cl2N3S. The maximum atomic E-state index is 6.22. The van der Waals surface area contributed by atoms with Crippen molar-refractivity contribution in [3.05, 3.63) is 40.5 Å². The second-order valence-corrected chi connectivity index (χ2v) is 5.33. The van der Waals surface area contributed by atoms with Crippen LogP contribution in [0.3, 0.4) is 0 Å². The number of nitrogens with zero attached hydrogens (tertiary/aromatic N) is 2. The van der Waals surface area contributed by atoms with E-state index in [4.69, 9.17) is 23.2 Å². The number of hydrogen-bond acceptors (Lipinski definition) is 4. The number of benzene rings is 1. The first-order chi connectivity index (χ1) is 8.67. The van der Waals surface area contributed by atoms with Gasteiger partial charge in [-0.25, -0.2) is 4.99 Å². The van der Waals surface area contributed by atoms with Gasteiger partial charge in [0.25, 0.3) is 0 Å². The summed E-state index contributed by atoms with van der Waals surface area (Å²) in [6, 6.07) is 5.48. The number of aliphatic imine (C=N–C) groups is 1. The highest BCUT2D eigenvalue weighted by molar-refractivity contribution is 7.99. The Labute approximate surface area is 121 Å². The monoisotopic (exact) mass is 301 g/mol. The fraction of sp³-hybridized carbons (Fsp3) is 0.250. The summed E-state index contributed by atoms with van der Waals surface area (Å²) in [4.78, 5) is 6.52. The quantitative estimate of drug-likeness (QED) is 0.904. The molecule has 0 radical (unpaired) electrons. The number of rotatable bonds is 2. The summed E-state index contributed by atoms with van der Waals surface area (Å²) < 4.78 is 0. The van der Waals surface area contributed by atoms with Crippen LogP contribution >= 0.6 is 35.0 Å². The highest BCUT2D eigenvalue weighted by atomic mass is 35.5. The number of amidine groups is 1. The summed E-state index contributed by atoms with van der Waals surface area (Å²) in [5.41, 5.74) is 0.713. The van der Waals surface area contributed by atoms with E-state index in [9.17, 15) is 0 Å². The van der Waals surface area contributed by atoms with Crippen LogP contribution in [0.15, 0.2) is 35.5 Å². The van der Waals surface area contributed by atoms with Crippen molar-refractivity contribution in [3.63, 3.8) is 0 Å². The first-order valence-corrected chi connectivity index (χ1v) is 7.40. The SMILES string of the molecule is CNC1=NC(SC)N(c2c(Cl)cccc2Cl)C=C1. The van der Waals surface area contributed by atoms with E-state index in [0.29, 0.717) is 10.0 Å². The molecule has 1 N–H and O–H groups in total. The van der Waals surface area contributed by atoms with E-state index < -0.39 is 0 Å². The number of para-hydroxylation sites is 1. The molecule has 1 atom stereocenters. The van der Waals surface area contributed by atoms with Crippen LogP contribution in [0.5, 0.6) is 0 Å². The predicted octanol–water partition coefficient (Wildman–Crippen LogP) is 3.59. The van der Waals surface area contributed by atoms with E-state index in [1.54, 1.807) is 11.8 Å². The van der Waals surface area contributed by atoms with Crippen LogP contribution in [-0.4, -0.2) is 24.6 Å². The molecule has 1 aromatic carbocycles. The van der Waals surface area contributed by atoms with Crippen molar-refractivity contribution in [1.29, 1.82) is 0 Å². The zero-order chi connectivity index (χ0) is 13.1. The molecular weight excluding hydrogens is 289 g/mol. The number of halogens is 2. The van der Waals surface area contributed by atoms with Gasteiger partial charge in [-0.3, -0.25) is 0 Å². The number of hydrogen-bond donors (Lipinski definition) is 1. The molecule has 0 aromatic heterocycles. The van der Waals surface area contributed by atoms with Gasteiger partial charge in [0.2, 0.25) is 0 Å². The van der Waals surface area contributed by atoms with E-state index in [0.717, 1.165) is 11.5 Å². The molecule has 0 saturated heterocycles. The number of anilines is 1. The third kappa shape index (κ3) is 2.60. The molecule has 96 valence electrons. The number of likely N-dealkylation sites (N-methyl/N-ethyl adjacent to an activating group) is 1. The highest BCUT2D eigenvalue weighted by Gasteiger charge is 2.22. The van der Waals surface area contributed by atoms with E-state index in [1.807, 2.05) is 48.7 Å². The Kier molecular flexibility index (Phi) is 4.43. The second-order valence-electron chi connectivity index (χ2n) is 3.62. The molecule has 0 bridgehead atoms. The molecule has 3 nitrogen and oxygen atoms in total. The average Bonchev–Trinajstić information content (AvgIpc) is 2.38. The van der Waals surface area contributed by atoms with Gasteiger partial charge in [0, 0.05) is 13.2 Å². The van der Waals surface area contributed by atoms with Crippen LogP contribution in [0.25, 0.3) is 0 Å². The highest BCUT2D eigenvalue weighted by Crippen LogP contribution is 2.37. The van der Waals surface area contributed by atoms with Crippen molar-refractivity contribution < 1.29 is 0 Å². The second kappa shape index (κ2) is 5.87. The molecule has 0 fully saturated rings. The maximum absolute atomic E-state index is 6.22. The topological polar surface area (TPSA) is 27.6 Å². The molecule has 0 aliphatic carbocycles. The van der Waals surface area contributed by atoms with Gasteiger partial charge in [-0.2, -0.15) is 0 Å². The molecule has 1 unspecified atom stereocenters. The van der Waals surface area contributed by atoms with E-state index >= 15 is 0 Å². The molecule has 1 aromatic rings. The molecule has 18 heavy (non-hydrogen) atoms. The number of thioether (sulfide) groups is 1. The van der Waals surface area contributed by atoms with Gasteiger partial charge >= 0.3 is 0 Å². The minimum Gasteiger partial charge on any atom is -0.373 e. The van der Waals surface area contributed by atoms with Crippen LogP contribution in [0, 0.1) is 0 Å². The van der Waals surface area contributed by atoms with Gasteiger partial charge in [-0.05, 0) is 24.5 Å². The zero-order valence-corrected chi connectivity index (χ0v) is 12.4. The molecule has 0 saturated carbocycles. The summed E-state index contributed by atoms with van der Waals surface area (Å²) >= 11 is 14.1. The van der Waals surface area contributed by atoms with Crippen molar-refractivity contribution in [2.75, 3.05) is 18.2 Å². The van der Waals surface area contributed by atoms with Crippen LogP contribution < -0.4 is 10.2 Å². The minimum absolute atomic E-state index is 0.0742. The van der Waals surface area contributed by atoms with E-state index in [2.05, 4.69) is 10.3 Å². The van der Waals surface area contributed by atoms with E-state index in [1.165, 1.54) is 0 Å². The van der Waals surface area contributed by atoms with Gasteiger partial charge in [-0.1, -0.05) is 29.3 Å². The van der Waals surface area contributed by atoms with Gasteiger partial charge in [0.05, 0.1) is 15.7 Å². The third-order valence-electron chi connectivity index (χ3n) is 2.54. The lowest BCUT2D eigenvalue weighted by molar-refractivity contribution is 0.887. The molecule has 0 spiro atoms. The first-order valence-electron chi connectivity index (χ1n) is 5.36. The normalized spacial score (nSPS) is 18.8. The summed E-state index contributed by atoms with van der Waals surface area (Å²) in [6.45, 7) is 0. The Morgan fingerprint density at radius 1 is 1.33 bits per heavy atom. The van der Waals surface area contributed by atoms with Crippen LogP contribution in [0.1, 0.15) is 0 Å². The lowest BCUT2D eigenvalue weighted by atomic mass is 10.3. The Hall–Kier alpha value is -0.840. The van der Waals surface area contributed by atoms with Gasteiger partial charge in [0.1, 0.15) is 5.84 Å². The van der Waals surface area contributed by atoms with Crippen molar-refractivity contribution >= 4 is 46.5 Å². The van der Waals surface area contributed by atoms with Crippen LogP contribution in [0.4, 0.5) is 5.69 Å². The van der Waals surface area contributed by atoms with Gasteiger partial charge in [0.15, 0.2) is 5.50 Å². The Morgan fingerprint density at radius 3 is 2.56 bits per heavy atom. The minimum atomic E-state index is -0.0742. The molecule has 1 aliphatic rings. The molecule has 6 heteroatoms. The molecule has 1 heterocycles. The molecule has 2 rings (SSSR count). The van der Waals surface area contributed by atoms with E-state index in [-0.39, 0.29) is 5.50 Å². The van der Waals surface area contributed by atoms with Crippen LogP contribution in [0.2, 0.25) is 10.0 Å². The molecule has 0 amide bonds. The maximum Gasteiger partial charge on any atom is 0.174 e. The summed E-state index contributed by atoms with van der Waals surface area (Å²) in [7, 11) is 1.85. The first kappa shape index (κ1) is 13.6. The third-order valence-corrected chi connectivity index (χ3v) is 3.91. The fourth-order valence-corrected chi connectivity index (χ4v) is 2.90. The Balaban J connectivity index is 2.40. The predicted molar refractivity (Wildman–Crippen MR) is 81.9 cm³/mol. The lowest BCUT2D eigenvalue weighted by Crippen LogP contribution is -2.33. The van der Waals surface area contributed by atoms with Crippen molar-refractivity contribution in [2.24, 2.45) is 4.99 Å². The summed E-state index contributed by atoms with van der Waals surface area (Å²) in [6.07, 6.45) is 5.83. The van der Waals surface area contributed by atoms with Crippen LogP contribution in [-0.2, 0) is 0 Å². The summed E-state index contributed by atoms with van der Waals surface area (Å²) in [5.74, 6) is 0.841. The zero-order valence-electron chi connectivity index (χ0n) is 10.0. The van der Waals surface area contributed by atoms with Crippen molar-refractivity contribution in [2.45, 2.75) is 5.50 Å². The molecule has 1 aliphatic heterocycles. The average molecular weight is 302 g/mol. The Morgan fingerprint density at radius 2 is 2.00 bits per heavy atom. The fourth-order valence-electron chi connectivity index (χ4n) is 1.68. The summed E-state index contributed by atoms with van der Waals surface area (Å²) in [5, 5.41) is 4.27. The van der Waals surface area contributed by atoms with Crippen molar-refractivity contribution in [3.8, 4) is 0 Å². The number of nitrogens with one attached hydrogen (secondary N) is 1. The smallest absolute Gasteiger partial charge is 0.174 e. The lowest BCUT2D eigenvalue weighted by Gasteiger charge is -2.30. The van der Waals surface area contributed by atoms with Gasteiger partial charge < -0.3 is 10.2 Å². The Bertz CT molecular complexity index is 482.